The lowest BCUT2D eigenvalue weighted by molar-refractivity contribution is -0.137. The van der Waals surface area contributed by atoms with Crippen LogP contribution in [0.1, 0.15) is 18.7 Å². The number of hydrogen-bond acceptors (Lipinski definition) is 6. The zero-order chi connectivity index (χ0) is 23.5. The Labute approximate surface area is 203 Å². The summed E-state index contributed by atoms with van der Waals surface area (Å²) >= 11 is 6.24. The van der Waals surface area contributed by atoms with E-state index in [0.29, 0.717) is 61.7 Å². The number of piperidine rings is 1. The number of nitrogens with zero attached hydrogens (tertiary/aromatic N) is 5. The van der Waals surface area contributed by atoms with Crippen LogP contribution in [0.25, 0.3) is 11.4 Å². The first-order valence-electron chi connectivity index (χ1n) is 11.7. The van der Waals surface area contributed by atoms with Crippen molar-refractivity contribution in [2.24, 2.45) is 5.92 Å². The van der Waals surface area contributed by atoms with Crippen molar-refractivity contribution in [3.05, 3.63) is 65.3 Å². The number of anilines is 1. The summed E-state index contributed by atoms with van der Waals surface area (Å²) in [5, 5.41) is 4.65. The molecular weight excluding hydrogens is 457 g/mol. The fourth-order valence-electron chi connectivity index (χ4n) is 4.80. The minimum atomic E-state index is -0.219. The molecule has 0 saturated carbocycles. The van der Waals surface area contributed by atoms with Gasteiger partial charge in [0.2, 0.25) is 17.6 Å². The Kier molecular flexibility index (Phi) is 6.78. The highest BCUT2D eigenvalue weighted by Gasteiger charge is 2.32. The molecule has 2 saturated heterocycles. The Hall–Kier alpha value is -2.97. The Bertz CT molecular complexity index is 1150. The van der Waals surface area contributed by atoms with Gasteiger partial charge in [0.05, 0.1) is 23.2 Å². The molecule has 0 spiro atoms. The van der Waals surface area contributed by atoms with Gasteiger partial charge in [0.15, 0.2) is 0 Å². The number of aromatic nitrogens is 2. The number of rotatable bonds is 5. The number of likely N-dealkylation sites (tertiary alicyclic amines) is 1. The minimum Gasteiger partial charge on any atom is -0.366 e. The average molecular weight is 484 g/mol. The van der Waals surface area contributed by atoms with Crippen molar-refractivity contribution >= 4 is 23.2 Å². The van der Waals surface area contributed by atoms with Crippen LogP contribution in [0.2, 0.25) is 5.02 Å². The van der Waals surface area contributed by atoms with Gasteiger partial charge in [-0.2, -0.15) is 4.98 Å². The molecule has 34 heavy (non-hydrogen) atoms. The van der Waals surface area contributed by atoms with Crippen molar-refractivity contribution in [1.29, 1.82) is 0 Å². The number of carbonyl (C=O) groups excluding carboxylic acids is 1. The Balaban J connectivity index is 1.16. The lowest BCUT2D eigenvalue weighted by Crippen LogP contribution is -2.52. The predicted octanol–water partition coefficient (Wildman–Crippen LogP) is 4.09. The van der Waals surface area contributed by atoms with Crippen molar-refractivity contribution in [2.45, 2.75) is 19.4 Å². The van der Waals surface area contributed by atoms with Gasteiger partial charge in [0.25, 0.3) is 0 Å². The van der Waals surface area contributed by atoms with E-state index in [1.807, 2.05) is 34.1 Å². The molecule has 178 valence electrons. The molecule has 0 bridgehead atoms. The van der Waals surface area contributed by atoms with E-state index >= 15 is 0 Å². The second kappa shape index (κ2) is 10.1. The molecule has 2 fully saturated rings. The minimum absolute atomic E-state index is 0.0558. The second-order valence-corrected chi connectivity index (χ2v) is 9.24. The molecule has 3 aromatic rings. The smallest absolute Gasteiger partial charge is 0.241 e. The van der Waals surface area contributed by atoms with Crippen LogP contribution in [0, 0.1) is 11.7 Å². The summed E-state index contributed by atoms with van der Waals surface area (Å²) in [6.07, 6.45) is 1.81. The number of para-hydroxylation sites is 1. The third kappa shape index (κ3) is 4.93. The topological polar surface area (TPSA) is 65.7 Å². The summed E-state index contributed by atoms with van der Waals surface area (Å²) in [6.45, 7) is 4.53. The van der Waals surface area contributed by atoms with Gasteiger partial charge >= 0.3 is 0 Å². The van der Waals surface area contributed by atoms with Gasteiger partial charge < -0.3 is 14.3 Å². The molecule has 1 atom stereocenters. The van der Waals surface area contributed by atoms with E-state index in [-0.39, 0.29) is 17.6 Å². The normalized spacial score (nSPS) is 19.4. The molecule has 0 aliphatic carbocycles. The third-order valence-corrected chi connectivity index (χ3v) is 6.91. The fraction of sp³-hybridized carbons (Fsp3) is 0.400. The first-order chi connectivity index (χ1) is 16.6. The SMILES string of the molecule is O=C(C1CCCN(Cc2nc(-c3ccccc3Cl)no2)C1)N1CCN(c2ccccc2F)CC1. The summed E-state index contributed by atoms with van der Waals surface area (Å²) in [6, 6.07) is 14.2. The molecule has 1 amide bonds. The van der Waals surface area contributed by atoms with Gasteiger partial charge in [-0.25, -0.2) is 4.39 Å². The number of piperazine rings is 1. The molecule has 7 nitrogen and oxygen atoms in total. The predicted molar refractivity (Wildman–Crippen MR) is 128 cm³/mol. The lowest BCUT2D eigenvalue weighted by Gasteiger charge is -2.39. The fourth-order valence-corrected chi connectivity index (χ4v) is 5.02. The molecule has 1 aromatic heterocycles. The first kappa shape index (κ1) is 22.8. The third-order valence-electron chi connectivity index (χ3n) is 6.58. The molecule has 3 heterocycles. The molecule has 2 aliphatic heterocycles. The van der Waals surface area contributed by atoms with E-state index in [1.54, 1.807) is 18.2 Å². The first-order valence-corrected chi connectivity index (χ1v) is 12.0. The van der Waals surface area contributed by atoms with Gasteiger partial charge in [0.1, 0.15) is 5.82 Å². The molecule has 2 aromatic carbocycles. The molecule has 5 rings (SSSR count). The highest BCUT2D eigenvalue weighted by molar-refractivity contribution is 6.33. The number of carbonyl (C=O) groups is 1. The van der Waals surface area contributed by atoms with E-state index in [2.05, 4.69) is 15.0 Å². The van der Waals surface area contributed by atoms with Crippen molar-refractivity contribution in [3.8, 4) is 11.4 Å². The summed E-state index contributed by atoms with van der Waals surface area (Å²) in [5.41, 5.74) is 1.34. The number of amides is 1. The van der Waals surface area contributed by atoms with Gasteiger partial charge in [-0.15, -0.1) is 0 Å². The highest BCUT2D eigenvalue weighted by atomic mass is 35.5. The summed E-state index contributed by atoms with van der Waals surface area (Å²) in [7, 11) is 0. The molecule has 2 aliphatic rings. The summed E-state index contributed by atoms with van der Waals surface area (Å²) < 4.78 is 19.6. The van der Waals surface area contributed by atoms with E-state index in [9.17, 15) is 9.18 Å². The quantitative estimate of drug-likeness (QED) is 0.544. The molecule has 9 heteroatoms. The van der Waals surface area contributed by atoms with E-state index in [4.69, 9.17) is 16.1 Å². The van der Waals surface area contributed by atoms with Crippen molar-refractivity contribution in [1.82, 2.24) is 19.9 Å². The van der Waals surface area contributed by atoms with E-state index in [1.165, 1.54) is 6.07 Å². The summed E-state index contributed by atoms with van der Waals surface area (Å²) in [4.78, 5) is 23.9. The van der Waals surface area contributed by atoms with Crippen LogP contribution in [0.4, 0.5) is 10.1 Å². The van der Waals surface area contributed by atoms with Crippen LogP contribution >= 0.6 is 11.6 Å². The standard InChI is InChI=1S/C25H27ClFN5O2/c26-20-8-2-1-7-19(20)24-28-23(34-29-24)17-30-11-5-6-18(16-30)25(33)32-14-12-31(13-15-32)22-10-4-3-9-21(22)27/h1-4,7-10,18H,5-6,11-17H2. The maximum Gasteiger partial charge on any atom is 0.241 e. The summed E-state index contributed by atoms with van der Waals surface area (Å²) in [5.74, 6) is 0.892. The van der Waals surface area contributed by atoms with E-state index < -0.39 is 0 Å². The van der Waals surface area contributed by atoms with Crippen LogP contribution in [0.15, 0.2) is 53.1 Å². The van der Waals surface area contributed by atoms with Gasteiger partial charge in [-0.1, -0.05) is 41.0 Å². The zero-order valence-electron chi connectivity index (χ0n) is 18.9. The average Bonchev–Trinajstić information content (AvgIpc) is 3.32. The van der Waals surface area contributed by atoms with Crippen LogP contribution in [0.3, 0.4) is 0 Å². The van der Waals surface area contributed by atoms with Gasteiger partial charge in [0, 0.05) is 38.3 Å². The second-order valence-electron chi connectivity index (χ2n) is 8.83. The van der Waals surface area contributed by atoms with Crippen LogP contribution in [-0.2, 0) is 11.3 Å². The van der Waals surface area contributed by atoms with Crippen LogP contribution < -0.4 is 4.90 Å². The lowest BCUT2D eigenvalue weighted by atomic mass is 9.96. The zero-order valence-corrected chi connectivity index (χ0v) is 19.6. The molecule has 0 radical (unpaired) electrons. The maximum atomic E-state index is 14.1. The number of benzene rings is 2. The van der Waals surface area contributed by atoms with Crippen LogP contribution in [-0.4, -0.2) is 65.1 Å². The van der Waals surface area contributed by atoms with Gasteiger partial charge in [-0.05, 0) is 43.7 Å². The number of hydrogen-bond donors (Lipinski definition) is 0. The van der Waals surface area contributed by atoms with Crippen molar-refractivity contribution in [2.75, 3.05) is 44.2 Å². The highest BCUT2D eigenvalue weighted by Crippen LogP contribution is 2.27. The Morgan fingerprint density at radius 2 is 1.82 bits per heavy atom. The largest absolute Gasteiger partial charge is 0.366 e. The molecular formula is C25H27ClFN5O2. The molecule has 1 unspecified atom stereocenters. The number of halogens is 2. The Morgan fingerprint density at radius 3 is 2.62 bits per heavy atom. The monoisotopic (exact) mass is 483 g/mol. The maximum absolute atomic E-state index is 14.1. The van der Waals surface area contributed by atoms with Crippen molar-refractivity contribution < 1.29 is 13.7 Å². The Morgan fingerprint density at radius 1 is 1.06 bits per heavy atom. The van der Waals surface area contributed by atoms with Crippen LogP contribution in [0.5, 0.6) is 0 Å². The molecule has 0 N–H and O–H groups in total. The van der Waals surface area contributed by atoms with Gasteiger partial charge in [-0.3, -0.25) is 9.69 Å². The van der Waals surface area contributed by atoms with Crippen molar-refractivity contribution in [3.63, 3.8) is 0 Å². The van der Waals surface area contributed by atoms with E-state index in [0.717, 1.165) is 24.9 Å².